The van der Waals surface area contributed by atoms with E-state index in [0.717, 1.165) is 18.4 Å². The summed E-state index contributed by atoms with van der Waals surface area (Å²) in [6.45, 7) is 0.768. The molecular weight excluding hydrogens is 228 g/mol. The molecule has 0 aromatic carbocycles. The van der Waals surface area contributed by atoms with Crippen LogP contribution in [0.2, 0.25) is 0 Å². The zero-order valence-corrected chi connectivity index (χ0v) is 10.3. The van der Waals surface area contributed by atoms with E-state index in [1.807, 2.05) is 0 Å². The largest absolute Gasteiger partial charge is 0.382 e. The number of anilines is 1. The maximum Gasteiger partial charge on any atom is 0.271 e. The SMILES string of the molecule is Nc1cncc(C(=O)NCC(C2CC2)C2CC2)n1. The van der Waals surface area contributed by atoms with Crippen LogP contribution in [-0.2, 0) is 0 Å². The third-order valence-corrected chi connectivity index (χ3v) is 3.84. The number of carbonyl (C=O) groups is 1. The fourth-order valence-corrected chi connectivity index (χ4v) is 2.56. The lowest BCUT2D eigenvalue weighted by Crippen LogP contribution is -2.31. The van der Waals surface area contributed by atoms with Crippen LogP contribution in [0.15, 0.2) is 12.4 Å². The third-order valence-electron chi connectivity index (χ3n) is 3.84. The number of aromatic nitrogens is 2. The van der Waals surface area contributed by atoms with Crippen molar-refractivity contribution in [3.63, 3.8) is 0 Å². The van der Waals surface area contributed by atoms with Crippen LogP contribution in [0.25, 0.3) is 0 Å². The van der Waals surface area contributed by atoms with Gasteiger partial charge >= 0.3 is 0 Å². The van der Waals surface area contributed by atoms with Gasteiger partial charge in [-0.05, 0) is 43.4 Å². The molecule has 5 heteroatoms. The molecule has 0 radical (unpaired) electrons. The molecule has 5 nitrogen and oxygen atoms in total. The summed E-state index contributed by atoms with van der Waals surface area (Å²) in [5.74, 6) is 2.46. The topological polar surface area (TPSA) is 80.9 Å². The zero-order valence-electron chi connectivity index (χ0n) is 10.3. The molecule has 1 amide bonds. The van der Waals surface area contributed by atoms with Crippen LogP contribution < -0.4 is 11.1 Å². The van der Waals surface area contributed by atoms with E-state index in [0.29, 0.717) is 11.6 Å². The number of carbonyl (C=O) groups excluding carboxylic acids is 1. The molecule has 2 fully saturated rings. The van der Waals surface area contributed by atoms with Gasteiger partial charge in [0.2, 0.25) is 0 Å². The predicted molar refractivity (Wildman–Crippen MR) is 67.7 cm³/mol. The van der Waals surface area contributed by atoms with Crippen LogP contribution >= 0.6 is 0 Å². The van der Waals surface area contributed by atoms with Gasteiger partial charge in [0.25, 0.3) is 5.91 Å². The second-order valence-electron chi connectivity index (χ2n) is 5.38. The minimum absolute atomic E-state index is 0.166. The van der Waals surface area contributed by atoms with Crippen LogP contribution in [0.5, 0.6) is 0 Å². The van der Waals surface area contributed by atoms with E-state index < -0.39 is 0 Å². The van der Waals surface area contributed by atoms with Crippen molar-refractivity contribution in [3.05, 3.63) is 18.1 Å². The highest BCUT2D eigenvalue weighted by molar-refractivity contribution is 5.92. The lowest BCUT2D eigenvalue weighted by molar-refractivity contribution is 0.0938. The van der Waals surface area contributed by atoms with Crippen LogP contribution in [0, 0.1) is 17.8 Å². The number of amides is 1. The van der Waals surface area contributed by atoms with Crippen LogP contribution in [0.3, 0.4) is 0 Å². The van der Waals surface area contributed by atoms with Gasteiger partial charge in [-0.3, -0.25) is 9.78 Å². The van der Waals surface area contributed by atoms with Crippen molar-refractivity contribution >= 4 is 11.7 Å². The predicted octanol–water partition coefficient (Wildman–Crippen LogP) is 1.22. The van der Waals surface area contributed by atoms with Crippen molar-refractivity contribution in [2.24, 2.45) is 17.8 Å². The van der Waals surface area contributed by atoms with E-state index >= 15 is 0 Å². The third kappa shape index (κ3) is 2.60. The lowest BCUT2D eigenvalue weighted by Gasteiger charge is -2.15. The highest BCUT2D eigenvalue weighted by Crippen LogP contribution is 2.48. The first kappa shape index (κ1) is 11.4. The molecule has 0 aliphatic heterocycles. The van der Waals surface area contributed by atoms with Crippen molar-refractivity contribution < 1.29 is 4.79 Å². The molecule has 3 rings (SSSR count). The minimum Gasteiger partial charge on any atom is -0.382 e. The van der Waals surface area contributed by atoms with E-state index in [1.165, 1.54) is 38.1 Å². The lowest BCUT2D eigenvalue weighted by atomic mass is 9.98. The molecule has 0 saturated heterocycles. The molecule has 3 N–H and O–H groups in total. The van der Waals surface area contributed by atoms with Gasteiger partial charge in [0, 0.05) is 6.54 Å². The van der Waals surface area contributed by atoms with Gasteiger partial charge in [-0.15, -0.1) is 0 Å². The normalized spacial score (nSPS) is 18.9. The summed E-state index contributed by atoms with van der Waals surface area (Å²) in [5.41, 5.74) is 5.82. The number of nitrogens with one attached hydrogen (secondary N) is 1. The fourth-order valence-electron chi connectivity index (χ4n) is 2.56. The average molecular weight is 246 g/mol. The van der Waals surface area contributed by atoms with E-state index in [-0.39, 0.29) is 11.7 Å². The fraction of sp³-hybridized carbons (Fsp3) is 0.615. The standard InChI is InChI=1S/C13H18N4O/c14-12-7-15-6-11(17-12)13(18)16-5-10(8-1-2-8)9-3-4-9/h6-10H,1-5H2,(H2,14,17)(H,16,18). The van der Waals surface area contributed by atoms with Crippen molar-refractivity contribution in [2.75, 3.05) is 12.3 Å². The van der Waals surface area contributed by atoms with Crippen molar-refractivity contribution in [2.45, 2.75) is 25.7 Å². The Morgan fingerprint density at radius 2 is 2.00 bits per heavy atom. The van der Waals surface area contributed by atoms with Gasteiger partial charge in [0.1, 0.15) is 11.5 Å². The quantitative estimate of drug-likeness (QED) is 0.818. The van der Waals surface area contributed by atoms with E-state index in [9.17, 15) is 4.79 Å². The van der Waals surface area contributed by atoms with Crippen molar-refractivity contribution in [1.29, 1.82) is 0 Å². The van der Waals surface area contributed by atoms with Gasteiger partial charge < -0.3 is 11.1 Å². The Kier molecular flexibility index (Phi) is 2.89. The van der Waals surface area contributed by atoms with Crippen LogP contribution in [0.4, 0.5) is 5.82 Å². The molecule has 0 spiro atoms. The first-order chi connectivity index (χ1) is 8.74. The van der Waals surface area contributed by atoms with Gasteiger partial charge in [0.15, 0.2) is 0 Å². The number of nitrogens with zero attached hydrogens (tertiary/aromatic N) is 2. The molecule has 0 unspecified atom stereocenters. The maximum atomic E-state index is 11.9. The Bertz CT molecular complexity index is 442. The summed E-state index contributed by atoms with van der Waals surface area (Å²) in [6.07, 6.45) is 8.21. The van der Waals surface area contributed by atoms with Crippen molar-refractivity contribution in [3.8, 4) is 0 Å². The molecule has 1 aromatic rings. The Morgan fingerprint density at radius 1 is 1.33 bits per heavy atom. The summed E-state index contributed by atoms with van der Waals surface area (Å²) in [5, 5.41) is 2.97. The van der Waals surface area contributed by atoms with E-state index in [2.05, 4.69) is 15.3 Å². The molecule has 2 aliphatic rings. The van der Waals surface area contributed by atoms with E-state index in [1.54, 1.807) is 0 Å². The molecule has 2 aliphatic carbocycles. The van der Waals surface area contributed by atoms with E-state index in [4.69, 9.17) is 5.73 Å². The van der Waals surface area contributed by atoms with Crippen molar-refractivity contribution in [1.82, 2.24) is 15.3 Å². The Labute approximate surface area is 106 Å². The summed E-state index contributed by atoms with van der Waals surface area (Å²) in [7, 11) is 0. The molecule has 18 heavy (non-hydrogen) atoms. The summed E-state index contributed by atoms with van der Waals surface area (Å²) in [4.78, 5) is 19.8. The Morgan fingerprint density at radius 3 is 2.56 bits per heavy atom. The monoisotopic (exact) mass is 246 g/mol. The number of rotatable bonds is 5. The highest BCUT2D eigenvalue weighted by atomic mass is 16.1. The second-order valence-corrected chi connectivity index (χ2v) is 5.38. The molecule has 1 heterocycles. The molecule has 0 bridgehead atoms. The highest BCUT2D eigenvalue weighted by Gasteiger charge is 2.41. The zero-order chi connectivity index (χ0) is 12.5. The average Bonchev–Trinajstić information content (AvgIpc) is 3.23. The minimum atomic E-state index is -0.166. The summed E-state index contributed by atoms with van der Waals surface area (Å²) < 4.78 is 0. The smallest absolute Gasteiger partial charge is 0.271 e. The molecule has 0 atom stereocenters. The second kappa shape index (κ2) is 4.55. The number of nitrogens with two attached hydrogens (primary N) is 1. The van der Waals surface area contributed by atoms with Gasteiger partial charge in [0.05, 0.1) is 12.4 Å². The molecular formula is C13H18N4O. The Hall–Kier alpha value is -1.65. The van der Waals surface area contributed by atoms with Crippen LogP contribution in [-0.4, -0.2) is 22.4 Å². The first-order valence-corrected chi connectivity index (χ1v) is 6.60. The number of hydrogen-bond acceptors (Lipinski definition) is 4. The van der Waals surface area contributed by atoms with Gasteiger partial charge in [-0.25, -0.2) is 4.98 Å². The maximum absolute atomic E-state index is 11.9. The van der Waals surface area contributed by atoms with Gasteiger partial charge in [-0.2, -0.15) is 0 Å². The molecule has 1 aromatic heterocycles. The first-order valence-electron chi connectivity index (χ1n) is 6.60. The van der Waals surface area contributed by atoms with Gasteiger partial charge in [-0.1, -0.05) is 0 Å². The Balaban J connectivity index is 1.57. The number of hydrogen-bond donors (Lipinski definition) is 2. The number of nitrogen functional groups attached to an aromatic ring is 1. The molecule has 2 saturated carbocycles. The summed E-state index contributed by atoms with van der Waals surface area (Å²) >= 11 is 0. The molecule has 96 valence electrons. The summed E-state index contributed by atoms with van der Waals surface area (Å²) in [6, 6.07) is 0. The van der Waals surface area contributed by atoms with Crippen LogP contribution in [0.1, 0.15) is 36.2 Å².